The van der Waals surface area contributed by atoms with E-state index >= 15 is 0 Å². The van der Waals surface area contributed by atoms with Crippen molar-refractivity contribution in [2.45, 2.75) is 6.92 Å². The normalized spacial score (nSPS) is 15.1. The molecule has 1 fully saturated rings. The van der Waals surface area contributed by atoms with Crippen LogP contribution in [0.25, 0.3) is 33.6 Å². The summed E-state index contributed by atoms with van der Waals surface area (Å²) in [7, 11) is 0. The maximum atomic E-state index is 13.4. The molecule has 6 heteroatoms. The Morgan fingerprint density at radius 2 is 1.44 bits per heavy atom. The third-order valence-electron chi connectivity index (χ3n) is 7.61. The number of benzene rings is 5. The predicted molar refractivity (Wildman–Crippen MR) is 171 cm³/mol. The minimum atomic E-state index is -0.278. The lowest BCUT2D eigenvalue weighted by Crippen LogP contribution is -2.29. The zero-order valence-electron chi connectivity index (χ0n) is 23.5. The van der Waals surface area contributed by atoms with Gasteiger partial charge in [-0.05, 0) is 61.0 Å². The van der Waals surface area contributed by atoms with E-state index in [2.05, 4.69) is 46.0 Å². The van der Waals surface area contributed by atoms with Crippen LogP contribution in [-0.2, 0) is 9.53 Å². The molecule has 1 aromatic heterocycles. The van der Waals surface area contributed by atoms with Crippen LogP contribution in [0.2, 0.25) is 0 Å². The highest BCUT2D eigenvalue weighted by Crippen LogP contribution is 2.33. The van der Waals surface area contributed by atoms with E-state index in [-0.39, 0.29) is 23.5 Å². The van der Waals surface area contributed by atoms with E-state index in [0.717, 1.165) is 33.1 Å². The van der Waals surface area contributed by atoms with E-state index in [1.165, 1.54) is 4.90 Å². The quantitative estimate of drug-likeness (QED) is 0.153. The number of aliphatic imine (C=N–C) groups is 1. The van der Waals surface area contributed by atoms with E-state index in [9.17, 15) is 9.59 Å². The van der Waals surface area contributed by atoms with Crippen molar-refractivity contribution in [3.05, 3.63) is 150 Å². The fraction of sp³-hybridized carbons (Fsp3) is 0.0541. The van der Waals surface area contributed by atoms with Gasteiger partial charge in [0.05, 0.1) is 16.7 Å². The van der Waals surface area contributed by atoms with Crippen LogP contribution in [0.1, 0.15) is 28.4 Å². The predicted octanol–water partition coefficient (Wildman–Crippen LogP) is 7.92. The van der Waals surface area contributed by atoms with E-state index in [4.69, 9.17) is 4.74 Å². The number of para-hydroxylation sites is 3. The Kier molecular flexibility index (Phi) is 6.64. The first-order valence-corrected chi connectivity index (χ1v) is 14.2. The van der Waals surface area contributed by atoms with Gasteiger partial charge in [-0.3, -0.25) is 14.5 Å². The maximum absolute atomic E-state index is 13.4. The molecule has 5 aromatic carbocycles. The zero-order valence-corrected chi connectivity index (χ0v) is 23.5. The van der Waals surface area contributed by atoms with Crippen molar-refractivity contribution in [3.8, 4) is 5.69 Å². The van der Waals surface area contributed by atoms with Crippen LogP contribution in [0, 0.1) is 0 Å². The van der Waals surface area contributed by atoms with Gasteiger partial charge in [0.25, 0.3) is 5.91 Å². The summed E-state index contributed by atoms with van der Waals surface area (Å²) in [4.78, 5) is 32.8. The lowest BCUT2D eigenvalue weighted by atomic mass is 10.0. The van der Waals surface area contributed by atoms with Gasteiger partial charge in [-0.15, -0.1) is 0 Å². The molecule has 7 rings (SSSR count). The first kappa shape index (κ1) is 26.2. The molecule has 0 radical (unpaired) electrons. The standard InChI is InChI=1S/C37H27N3O3/c1-2-39-36(42)34(43-37(39)38-31-19-11-9-18-29(31)35(41)26-13-5-3-6-14-26)24-25-21-22-33-30(23-25)28-17-10-12-20-32(28)40(33)27-15-7-4-8-16-27/h3-24H,2H2,1H3/b34-24+,38-37?. The van der Waals surface area contributed by atoms with Crippen LogP contribution in [0.3, 0.4) is 0 Å². The van der Waals surface area contributed by atoms with E-state index in [0.29, 0.717) is 23.4 Å². The fourth-order valence-corrected chi connectivity index (χ4v) is 5.57. The van der Waals surface area contributed by atoms with Gasteiger partial charge in [-0.1, -0.05) is 84.9 Å². The van der Waals surface area contributed by atoms with Crippen molar-refractivity contribution < 1.29 is 14.3 Å². The minimum absolute atomic E-state index is 0.147. The Morgan fingerprint density at radius 1 is 0.767 bits per heavy atom. The largest absolute Gasteiger partial charge is 0.419 e. The molecule has 1 saturated heterocycles. The molecule has 6 aromatic rings. The Morgan fingerprint density at radius 3 is 2.23 bits per heavy atom. The number of hydrogen-bond acceptors (Lipinski definition) is 4. The summed E-state index contributed by atoms with van der Waals surface area (Å²) in [6, 6.07) is 41.0. The van der Waals surface area contributed by atoms with Gasteiger partial charge < -0.3 is 9.30 Å². The van der Waals surface area contributed by atoms with Crippen molar-refractivity contribution >= 4 is 51.3 Å². The molecule has 2 heterocycles. The number of aromatic nitrogens is 1. The highest BCUT2D eigenvalue weighted by Gasteiger charge is 2.34. The molecule has 1 aliphatic rings. The van der Waals surface area contributed by atoms with Gasteiger partial charge in [-0.2, -0.15) is 4.99 Å². The molecule has 43 heavy (non-hydrogen) atoms. The SMILES string of the molecule is CCN1C(=O)/C(=C\c2ccc3c(c2)c2ccccc2n3-c2ccccc2)OC1=Nc1ccccc1C(=O)c1ccccc1. The Bertz CT molecular complexity index is 2080. The lowest BCUT2D eigenvalue weighted by molar-refractivity contribution is -0.122. The van der Waals surface area contributed by atoms with Crippen molar-refractivity contribution in [3.63, 3.8) is 0 Å². The molecule has 208 valence electrons. The molecular formula is C37H27N3O3. The number of ether oxygens (including phenoxy) is 1. The van der Waals surface area contributed by atoms with E-state index in [1.807, 2.05) is 67.6 Å². The van der Waals surface area contributed by atoms with Gasteiger partial charge in [0.1, 0.15) is 0 Å². The molecule has 0 aliphatic carbocycles. The Balaban J connectivity index is 1.27. The van der Waals surface area contributed by atoms with E-state index < -0.39 is 0 Å². The first-order chi connectivity index (χ1) is 21.1. The van der Waals surface area contributed by atoms with Crippen molar-refractivity contribution in [1.82, 2.24) is 9.47 Å². The summed E-state index contributed by atoms with van der Waals surface area (Å²) in [5.74, 6) is -0.245. The second-order valence-electron chi connectivity index (χ2n) is 10.2. The number of carbonyl (C=O) groups excluding carboxylic acids is 2. The Labute approximate surface area is 248 Å². The van der Waals surface area contributed by atoms with Gasteiger partial charge >= 0.3 is 6.02 Å². The second-order valence-corrected chi connectivity index (χ2v) is 10.2. The van der Waals surface area contributed by atoms with Gasteiger partial charge in [0.2, 0.25) is 0 Å². The molecule has 0 saturated carbocycles. The summed E-state index contributed by atoms with van der Waals surface area (Å²) in [6.07, 6.45) is 1.75. The molecule has 0 atom stereocenters. The lowest BCUT2D eigenvalue weighted by Gasteiger charge is -2.11. The molecule has 6 nitrogen and oxygen atoms in total. The fourth-order valence-electron chi connectivity index (χ4n) is 5.57. The monoisotopic (exact) mass is 561 g/mol. The molecule has 0 spiro atoms. The average molecular weight is 562 g/mol. The highest BCUT2D eigenvalue weighted by molar-refractivity contribution is 6.15. The summed E-state index contributed by atoms with van der Waals surface area (Å²) in [6.45, 7) is 2.23. The summed E-state index contributed by atoms with van der Waals surface area (Å²) >= 11 is 0. The number of likely N-dealkylation sites (N-methyl/N-ethyl adjacent to an activating group) is 1. The number of rotatable bonds is 6. The van der Waals surface area contributed by atoms with Gasteiger partial charge in [0, 0.05) is 34.1 Å². The number of hydrogen-bond donors (Lipinski definition) is 0. The molecule has 1 amide bonds. The smallest absolute Gasteiger partial charge is 0.305 e. The molecule has 1 aliphatic heterocycles. The summed E-state index contributed by atoms with van der Waals surface area (Å²) in [5.41, 5.74) is 5.54. The second kappa shape index (κ2) is 10.9. The number of nitrogens with zero attached hydrogens (tertiary/aromatic N) is 3. The summed E-state index contributed by atoms with van der Waals surface area (Å²) in [5, 5.41) is 2.20. The van der Waals surface area contributed by atoms with Crippen LogP contribution in [0.4, 0.5) is 5.69 Å². The van der Waals surface area contributed by atoms with E-state index in [1.54, 1.807) is 36.4 Å². The summed E-state index contributed by atoms with van der Waals surface area (Å²) < 4.78 is 8.32. The minimum Gasteiger partial charge on any atom is -0.419 e. The molecule has 0 bridgehead atoms. The third-order valence-corrected chi connectivity index (χ3v) is 7.61. The number of amidine groups is 1. The van der Waals surface area contributed by atoms with Gasteiger partial charge in [-0.25, -0.2) is 0 Å². The van der Waals surface area contributed by atoms with Crippen LogP contribution < -0.4 is 0 Å². The van der Waals surface area contributed by atoms with Gasteiger partial charge in [0.15, 0.2) is 11.5 Å². The number of fused-ring (bicyclic) bond motifs is 3. The third kappa shape index (κ3) is 4.69. The maximum Gasteiger partial charge on any atom is 0.305 e. The van der Waals surface area contributed by atoms with Crippen LogP contribution in [-0.4, -0.2) is 33.7 Å². The molecular weight excluding hydrogens is 534 g/mol. The van der Waals surface area contributed by atoms with Crippen molar-refractivity contribution in [1.29, 1.82) is 0 Å². The highest BCUT2D eigenvalue weighted by atomic mass is 16.5. The van der Waals surface area contributed by atoms with Crippen LogP contribution >= 0.6 is 0 Å². The Hall–Kier alpha value is -5.75. The number of ketones is 1. The molecule has 0 N–H and O–H groups in total. The molecule has 0 unspecified atom stereocenters. The van der Waals surface area contributed by atoms with Crippen molar-refractivity contribution in [2.24, 2.45) is 4.99 Å². The number of carbonyl (C=O) groups is 2. The van der Waals surface area contributed by atoms with Crippen LogP contribution in [0.5, 0.6) is 0 Å². The number of amides is 1. The first-order valence-electron chi connectivity index (χ1n) is 14.2. The van der Waals surface area contributed by atoms with Crippen LogP contribution in [0.15, 0.2) is 138 Å². The zero-order chi connectivity index (χ0) is 29.3. The average Bonchev–Trinajstić information content (AvgIpc) is 3.54. The topological polar surface area (TPSA) is 63.9 Å². The van der Waals surface area contributed by atoms with Crippen molar-refractivity contribution in [2.75, 3.05) is 6.54 Å².